The summed E-state index contributed by atoms with van der Waals surface area (Å²) in [6.45, 7) is 1.83. The fourth-order valence-corrected chi connectivity index (χ4v) is 3.98. The molecule has 0 fully saturated rings. The summed E-state index contributed by atoms with van der Waals surface area (Å²) in [6, 6.07) is 12.8. The van der Waals surface area contributed by atoms with Crippen LogP contribution in [0.25, 0.3) is 0 Å². The molecule has 1 heterocycles. The SMILES string of the molecule is CCS(=O)(=O)N1C[C@@H](C(=O)NCCc2ccc(F)cc2)Oc2ccccc21. The average molecular weight is 392 g/mol. The highest BCUT2D eigenvalue weighted by atomic mass is 32.2. The molecule has 3 rings (SSSR count). The van der Waals surface area contributed by atoms with Crippen LogP contribution >= 0.6 is 0 Å². The van der Waals surface area contributed by atoms with Gasteiger partial charge in [0.2, 0.25) is 10.0 Å². The second kappa shape index (κ2) is 7.96. The molecular weight excluding hydrogens is 371 g/mol. The molecule has 1 aliphatic heterocycles. The van der Waals surface area contributed by atoms with Crippen molar-refractivity contribution in [2.24, 2.45) is 0 Å². The van der Waals surface area contributed by atoms with Crippen molar-refractivity contribution in [3.05, 3.63) is 59.9 Å². The summed E-state index contributed by atoms with van der Waals surface area (Å²) < 4.78 is 44.7. The molecule has 1 N–H and O–H groups in total. The Morgan fingerprint density at radius 1 is 1.22 bits per heavy atom. The van der Waals surface area contributed by atoms with Gasteiger partial charge in [-0.05, 0) is 43.2 Å². The lowest BCUT2D eigenvalue weighted by atomic mass is 10.1. The highest BCUT2D eigenvalue weighted by Gasteiger charge is 2.35. The molecular formula is C19H21FN2O4S. The first-order valence-corrected chi connectivity index (χ1v) is 10.3. The zero-order chi connectivity index (χ0) is 19.4. The quantitative estimate of drug-likeness (QED) is 0.817. The van der Waals surface area contributed by atoms with E-state index in [1.807, 2.05) is 0 Å². The van der Waals surface area contributed by atoms with Crippen molar-refractivity contribution in [2.45, 2.75) is 19.4 Å². The van der Waals surface area contributed by atoms with Gasteiger partial charge in [-0.15, -0.1) is 0 Å². The molecule has 6 nitrogen and oxygen atoms in total. The zero-order valence-corrected chi connectivity index (χ0v) is 15.7. The Kier molecular flexibility index (Phi) is 5.65. The Morgan fingerprint density at radius 2 is 1.93 bits per heavy atom. The van der Waals surface area contributed by atoms with Gasteiger partial charge >= 0.3 is 0 Å². The third-order valence-corrected chi connectivity index (χ3v) is 6.10. The summed E-state index contributed by atoms with van der Waals surface area (Å²) in [5.74, 6) is -0.406. The van der Waals surface area contributed by atoms with Crippen molar-refractivity contribution >= 4 is 21.6 Å². The number of halogens is 1. The van der Waals surface area contributed by atoms with E-state index in [-0.39, 0.29) is 24.0 Å². The van der Waals surface area contributed by atoms with Crippen LogP contribution in [0.4, 0.5) is 10.1 Å². The third kappa shape index (κ3) is 4.39. The minimum absolute atomic E-state index is 0.0692. The topological polar surface area (TPSA) is 75.7 Å². The second-order valence-electron chi connectivity index (χ2n) is 6.17. The van der Waals surface area contributed by atoms with Gasteiger partial charge in [-0.2, -0.15) is 0 Å². The molecule has 2 aromatic carbocycles. The molecule has 0 saturated carbocycles. The third-order valence-electron chi connectivity index (χ3n) is 4.35. The van der Waals surface area contributed by atoms with Crippen molar-refractivity contribution in [1.29, 1.82) is 0 Å². The smallest absolute Gasteiger partial charge is 0.263 e. The van der Waals surface area contributed by atoms with Crippen LogP contribution in [-0.2, 0) is 21.2 Å². The number of rotatable bonds is 6. The van der Waals surface area contributed by atoms with Gasteiger partial charge in [0.1, 0.15) is 11.6 Å². The molecule has 0 aromatic heterocycles. The number of amides is 1. The Bertz CT molecular complexity index is 916. The number of carbonyl (C=O) groups is 1. The molecule has 0 aliphatic carbocycles. The summed E-state index contributed by atoms with van der Waals surface area (Å²) in [7, 11) is -3.53. The van der Waals surface area contributed by atoms with Crippen LogP contribution in [0.15, 0.2) is 48.5 Å². The highest BCUT2D eigenvalue weighted by molar-refractivity contribution is 7.92. The van der Waals surface area contributed by atoms with Gasteiger partial charge in [-0.3, -0.25) is 9.10 Å². The first-order valence-electron chi connectivity index (χ1n) is 8.69. The van der Waals surface area contributed by atoms with Crippen molar-refractivity contribution in [1.82, 2.24) is 5.32 Å². The molecule has 27 heavy (non-hydrogen) atoms. The number of sulfonamides is 1. The molecule has 0 spiro atoms. The van der Waals surface area contributed by atoms with Crippen molar-refractivity contribution in [2.75, 3.05) is 23.1 Å². The van der Waals surface area contributed by atoms with Crippen LogP contribution in [0.2, 0.25) is 0 Å². The number of nitrogens with one attached hydrogen (secondary N) is 1. The van der Waals surface area contributed by atoms with E-state index in [1.54, 1.807) is 43.3 Å². The number of fused-ring (bicyclic) bond motifs is 1. The van der Waals surface area contributed by atoms with Gasteiger partial charge in [0.25, 0.3) is 5.91 Å². The Labute approximate surface area is 158 Å². The number of hydrogen-bond donors (Lipinski definition) is 1. The van der Waals surface area contributed by atoms with Gasteiger partial charge in [0.05, 0.1) is 18.0 Å². The first-order chi connectivity index (χ1) is 12.9. The molecule has 1 amide bonds. The van der Waals surface area contributed by atoms with E-state index >= 15 is 0 Å². The predicted octanol–water partition coefficient (Wildman–Crippen LogP) is 2.10. The monoisotopic (exact) mass is 392 g/mol. The molecule has 1 atom stereocenters. The highest BCUT2D eigenvalue weighted by Crippen LogP contribution is 2.34. The van der Waals surface area contributed by atoms with E-state index < -0.39 is 16.1 Å². The zero-order valence-electron chi connectivity index (χ0n) is 14.9. The van der Waals surface area contributed by atoms with Crippen molar-refractivity contribution in [3.63, 3.8) is 0 Å². The van der Waals surface area contributed by atoms with E-state index in [9.17, 15) is 17.6 Å². The van der Waals surface area contributed by atoms with Gasteiger partial charge in [-0.1, -0.05) is 24.3 Å². The molecule has 0 radical (unpaired) electrons. The van der Waals surface area contributed by atoms with Crippen LogP contribution < -0.4 is 14.4 Å². The normalized spacial score (nSPS) is 16.4. The van der Waals surface area contributed by atoms with E-state index in [4.69, 9.17) is 4.74 Å². The molecule has 1 aliphatic rings. The second-order valence-corrected chi connectivity index (χ2v) is 8.36. The van der Waals surface area contributed by atoms with Crippen LogP contribution in [0.5, 0.6) is 5.75 Å². The molecule has 2 aromatic rings. The summed E-state index contributed by atoms with van der Waals surface area (Å²) in [5.41, 5.74) is 1.33. The summed E-state index contributed by atoms with van der Waals surface area (Å²) in [4.78, 5) is 12.5. The van der Waals surface area contributed by atoms with Crippen LogP contribution in [0, 0.1) is 5.82 Å². The Hall–Kier alpha value is -2.61. The molecule has 144 valence electrons. The van der Waals surface area contributed by atoms with E-state index in [0.717, 1.165) is 5.56 Å². The maximum Gasteiger partial charge on any atom is 0.263 e. The number of carbonyl (C=O) groups excluding carboxylic acids is 1. The minimum atomic E-state index is -3.53. The largest absolute Gasteiger partial charge is 0.476 e. The maximum atomic E-state index is 12.9. The standard InChI is InChI=1S/C19H21FN2O4S/c1-2-27(24,25)22-13-18(26-17-6-4-3-5-16(17)22)19(23)21-12-11-14-7-9-15(20)10-8-14/h3-10,18H,2,11-13H2,1H3,(H,21,23)/t18-/m0/s1. The molecule has 0 saturated heterocycles. The van der Waals surface area contributed by atoms with Crippen LogP contribution in [0.3, 0.4) is 0 Å². The van der Waals surface area contributed by atoms with Crippen molar-refractivity contribution < 1.29 is 22.3 Å². The average Bonchev–Trinajstić information content (AvgIpc) is 2.68. The Balaban J connectivity index is 1.67. The lowest BCUT2D eigenvalue weighted by molar-refractivity contribution is -0.127. The minimum Gasteiger partial charge on any atom is -0.476 e. The molecule has 8 heteroatoms. The fourth-order valence-electron chi connectivity index (χ4n) is 2.85. The van der Waals surface area contributed by atoms with Crippen LogP contribution in [-0.4, -0.2) is 39.3 Å². The molecule has 0 unspecified atom stereocenters. The van der Waals surface area contributed by atoms with Crippen LogP contribution in [0.1, 0.15) is 12.5 Å². The van der Waals surface area contributed by atoms with Gasteiger partial charge < -0.3 is 10.1 Å². The number of para-hydroxylation sites is 2. The van der Waals surface area contributed by atoms with E-state index in [0.29, 0.717) is 24.4 Å². The number of anilines is 1. The van der Waals surface area contributed by atoms with Gasteiger partial charge in [0, 0.05) is 6.54 Å². The lowest BCUT2D eigenvalue weighted by Crippen LogP contribution is -2.51. The van der Waals surface area contributed by atoms with Gasteiger partial charge in [0.15, 0.2) is 6.10 Å². The fraction of sp³-hybridized carbons (Fsp3) is 0.316. The van der Waals surface area contributed by atoms with E-state index in [1.165, 1.54) is 16.4 Å². The summed E-state index contributed by atoms with van der Waals surface area (Å²) in [5, 5.41) is 2.76. The summed E-state index contributed by atoms with van der Waals surface area (Å²) in [6.07, 6.45) is -0.402. The first kappa shape index (κ1) is 19.2. The summed E-state index contributed by atoms with van der Waals surface area (Å²) >= 11 is 0. The molecule has 0 bridgehead atoms. The number of ether oxygens (including phenoxy) is 1. The lowest BCUT2D eigenvalue weighted by Gasteiger charge is -2.34. The Morgan fingerprint density at radius 3 is 2.63 bits per heavy atom. The van der Waals surface area contributed by atoms with E-state index in [2.05, 4.69) is 5.32 Å². The predicted molar refractivity (Wildman–Crippen MR) is 101 cm³/mol. The number of benzene rings is 2. The van der Waals surface area contributed by atoms with Crippen molar-refractivity contribution in [3.8, 4) is 5.75 Å². The maximum absolute atomic E-state index is 12.9. The number of hydrogen-bond acceptors (Lipinski definition) is 4. The van der Waals surface area contributed by atoms with Gasteiger partial charge in [-0.25, -0.2) is 12.8 Å². The number of nitrogens with zero attached hydrogens (tertiary/aromatic N) is 1.